The van der Waals surface area contributed by atoms with Crippen LogP contribution in [-0.2, 0) is 0 Å². The zero-order valence-corrected chi connectivity index (χ0v) is 23.4. The second-order valence-electron chi connectivity index (χ2n) is 2.13. The molecule has 0 saturated heterocycles. The van der Waals surface area contributed by atoms with E-state index < -0.39 is 0 Å². The molecule has 0 radical (unpaired) electrons. The van der Waals surface area contributed by atoms with Gasteiger partial charge in [-0.05, 0) is 59.0 Å². The molecule has 0 unspecified atom stereocenters. The van der Waals surface area contributed by atoms with Crippen LogP contribution in [0.5, 0.6) is 0 Å². The quantitative estimate of drug-likeness (QED) is 0.0678. The van der Waals surface area contributed by atoms with Gasteiger partial charge < -0.3 is 0 Å². The molecule has 16 heteroatoms. The highest BCUT2D eigenvalue weighted by Gasteiger charge is 1.97. The van der Waals surface area contributed by atoms with Crippen molar-refractivity contribution in [3.8, 4) is 0 Å². The van der Waals surface area contributed by atoms with Gasteiger partial charge in [0.05, 0.1) is 15.3 Å². The Labute approximate surface area is 192 Å². The van der Waals surface area contributed by atoms with Gasteiger partial charge in [0.25, 0.3) is 0 Å². The lowest BCUT2D eigenvalue weighted by Gasteiger charge is -2.01. The third kappa shape index (κ3) is 25.6. The maximum Gasteiger partial charge on any atom is 0.0608 e. The SMILES string of the molecule is SSSCCSSCSSSCSSCSSSSSS. The topological polar surface area (TPSA) is 0 Å². The predicted octanol–water partition coefficient (Wildman–Crippen LogP) is 10.0. The van der Waals surface area contributed by atoms with E-state index in [0.717, 1.165) is 15.3 Å². The van der Waals surface area contributed by atoms with Gasteiger partial charge in [-0.1, -0.05) is 110 Å². The molecule has 128 valence electrons. The minimum Gasteiger partial charge on any atom is -0.0997 e. The smallest absolute Gasteiger partial charge is 0.0608 e. The molecule has 21 heavy (non-hydrogen) atoms. The Kier molecular flexibility index (Phi) is 32.4. The zero-order chi connectivity index (χ0) is 15.4. The number of thiol groups is 2. The summed E-state index contributed by atoms with van der Waals surface area (Å²) < 4.78 is 0. The fourth-order valence-electron chi connectivity index (χ4n) is 0.462. The monoisotopic (exact) mass is 584 g/mol. The minimum absolute atomic E-state index is 1.13. The van der Waals surface area contributed by atoms with Crippen LogP contribution in [-0.4, -0.2) is 26.8 Å². The van der Waals surface area contributed by atoms with Crippen LogP contribution < -0.4 is 0 Å². The Morgan fingerprint density at radius 3 is 1.62 bits per heavy atom. The van der Waals surface area contributed by atoms with E-state index in [9.17, 15) is 0 Å². The van der Waals surface area contributed by atoms with Crippen LogP contribution in [0.25, 0.3) is 0 Å². The fraction of sp³-hybridized carbons (Fsp3) is 1.00. The highest BCUT2D eigenvalue weighted by Crippen LogP contribution is 2.51. The lowest BCUT2D eigenvalue weighted by molar-refractivity contribution is 1.58. The van der Waals surface area contributed by atoms with Gasteiger partial charge in [-0.25, -0.2) is 0 Å². The van der Waals surface area contributed by atoms with E-state index in [4.69, 9.17) is 0 Å². The van der Waals surface area contributed by atoms with Gasteiger partial charge in [0, 0.05) is 11.5 Å². The highest BCUT2D eigenvalue weighted by molar-refractivity contribution is 9.41. The molecule has 0 bridgehead atoms. The summed E-state index contributed by atoms with van der Waals surface area (Å²) in [4.78, 5) is 0. The molecule has 0 spiro atoms. The molecule has 0 aliphatic carbocycles. The zero-order valence-electron chi connectivity index (χ0n) is 10.1. The third-order valence-corrected chi connectivity index (χ3v) is 23.8. The summed E-state index contributed by atoms with van der Waals surface area (Å²) >= 11 is 8.16. The molecule has 0 saturated carbocycles. The van der Waals surface area contributed by atoms with Crippen LogP contribution in [0.1, 0.15) is 0 Å². The maximum absolute atomic E-state index is 4.09. The lowest BCUT2D eigenvalue weighted by atomic mass is 11.0. The van der Waals surface area contributed by atoms with Crippen LogP contribution >= 0.6 is 169 Å². The van der Waals surface area contributed by atoms with Gasteiger partial charge in [-0.2, -0.15) is 0 Å². The van der Waals surface area contributed by atoms with Crippen molar-refractivity contribution < 1.29 is 0 Å². The van der Waals surface area contributed by atoms with E-state index in [1.165, 1.54) is 21.3 Å². The van der Waals surface area contributed by atoms with Gasteiger partial charge in [0.1, 0.15) is 0 Å². The summed E-state index contributed by atoms with van der Waals surface area (Å²) in [7, 11) is 25.6. The standard InChI is InChI=1S/C5H12S16/c6-16-9-2-1-8-10-3-13-18-14-4-11-12-5-15-19-21-20-17-7/h6-7H,1-5H2. The molecule has 0 atom stereocenters. The highest BCUT2D eigenvalue weighted by atomic mass is 33.9. The van der Waals surface area contributed by atoms with Crippen molar-refractivity contribution in [3.63, 3.8) is 0 Å². The van der Waals surface area contributed by atoms with Crippen molar-refractivity contribution >= 4 is 169 Å². The van der Waals surface area contributed by atoms with Crippen molar-refractivity contribution in [3.05, 3.63) is 0 Å². The first-order valence-electron chi connectivity index (χ1n) is 4.67. The first-order valence-corrected chi connectivity index (χ1v) is 24.2. The van der Waals surface area contributed by atoms with E-state index in [0.29, 0.717) is 0 Å². The predicted molar refractivity (Wildman–Crippen MR) is 149 cm³/mol. The second kappa shape index (κ2) is 25.6. The van der Waals surface area contributed by atoms with Crippen LogP contribution in [0.4, 0.5) is 0 Å². The average Bonchev–Trinajstić information content (AvgIpc) is 2.50. The maximum atomic E-state index is 4.09. The number of rotatable bonds is 18. The van der Waals surface area contributed by atoms with E-state index in [1.54, 1.807) is 29.5 Å². The van der Waals surface area contributed by atoms with Gasteiger partial charge >= 0.3 is 0 Å². The third-order valence-electron chi connectivity index (χ3n) is 0.988. The average molecular weight is 585 g/mol. The van der Waals surface area contributed by atoms with E-state index in [-0.39, 0.29) is 0 Å². The Hall–Kier alpha value is 5.60. The van der Waals surface area contributed by atoms with Crippen LogP contribution in [0.3, 0.4) is 0 Å². The Morgan fingerprint density at radius 1 is 0.429 bits per heavy atom. The van der Waals surface area contributed by atoms with Gasteiger partial charge in [-0.15, -0.1) is 0 Å². The first-order chi connectivity index (χ1) is 10.4. The molecule has 0 aromatic carbocycles. The van der Waals surface area contributed by atoms with Crippen LogP contribution in [0.15, 0.2) is 0 Å². The van der Waals surface area contributed by atoms with E-state index >= 15 is 0 Å². The van der Waals surface area contributed by atoms with Crippen molar-refractivity contribution in [2.24, 2.45) is 0 Å². The van der Waals surface area contributed by atoms with Gasteiger partial charge in [0.15, 0.2) is 0 Å². The molecule has 0 rings (SSSR count). The molecular formula is C5H12S16. The molecular weight excluding hydrogens is 573 g/mol. The molecule has 0 nitrogen and oxygen atoms in total. The number of hydrogen-bond donors (Lipinski definition) is 2. The minimum atomic E-state index is 1.13. The molecule has 0 aliphatic heterocycles. The Balaban J connectivity index is 2.90. The number of hydrogen-bond acceptors (Lipinski definition) is 16. The second-order valence-corrected chi connectivity index (χ2v) is 24.3. The summed E-state index contributed by atoms with van der Waals surface area (Å²) in [6.07, 6.45) is 0. The summed E-state index contributed by atoms with van der Waals surface area (Å²) in [6.45, 7) is 0. The van der Waals surface area contributed by atoms with Crippen molar-refractivity contribution in [2.75, 3.05) is 26.8 Å². The van der Waals surface area contributed by atoms with Crippen LogP contribution in [0.2, 0.25) is 0 Å². The summed E-state index contributed by atoms with van der Waals surface area (Å²) in [5, 5.41) is 3.44. The van der Waals surface area contributed by atoms with Gasteiger partial charge in [-0.3, -0.25) is 0 Å². The molecule has 0 aromatic heterocycles. The van der Waals surface area contributed by atoms with Crippen LogP contribution in [0, 0.1) is 0 Å². The van der Waals surface area contributed by atoms with E-state index in [1.807, 2.05) is 106 Å². The summed E-state index contributed by atoms with van der Waals surface area (Å²) in [6, 6.07) is 0. The molecule has 0 fully saturated rings. The van der Waals surface area contributed by atoms with E-state index in [2.05, 4.69) is 23.3 Å². The fourth-order valence-corrected chi connectivity index (χ4v) is 24.0. The summed E-state index contributed by atoms with van der Waals surface area (Å²) in [5.41, 5.74) is 0. The Bertz CT molecular complexity index is 160. The molecule has 0 aromatic rings. The molecule has 0 N–H and O–H groups in total. The lowest BCUT2D eigenvalue weighted by Crippen LogP contribution is -1.76. The van der Waals surface area contributed by atoms with Crippen molar-refractivity contribution in [1.29, 1.82) is 0 Å². The molecule has 0 aliphatic rings. The Morgan fingerprint density at radius 2 is 1.00 bits per heavy atom. The largest absolute Gasteiger partial charge is 0.0997 e. The van der Waals surface area contributed by atoms with Gasteiger partial charge in [0.2, 0.25) is 0 Å². The van der Waals surface area contributed by atoms with Crippen molar-refractivity contribution in [2.45, 2.75) is 0 Å². The molecule has 0 heterocycles. The van der Waals surface area contributed by atoms with Crippen molar-refractivity contribution in [1.82, 2.24) is 0 Å². The first kappa shape index (κ1) is 26.6. The molecule has 0 amide bonds. The normalized spacial score (nSPS) is 11.1. The summed E-state index contributed by atoms with van der Waals surface area (Å²) in [5.74, 6) is 2.38.